The van der Waals surface area contributed by atoms with E-state index in [2.05, 4.69) is 5.32 Å². The van der Waals surface area contributed by atoms with E-state index in [1.807, 2.05) is 0 Å². The van der Waals surface area contributed by atoms with E-state index in [-0.39, 0.29) is 12.1 Å². The van der Waals surface area contributed by atoms with Crippen molar-refractivity contribution in [3.8, 4) is 0 Å². The summed E-state index contributed by atoms with van der Waals surface area (Å²) in [7, 11) is 0. The highest BCUT2D eigenvalue weighted by molar-refractivity contribution is 5.71. The maximum absolute atomic E-state index is 11.2. The molecule has 2 aliphatic carbocycles. The van der Waals surface area contributed by atoms with Crippen molar-refractivity contribution in [3.63, 3.8) is 0 Å². The zero-order valence-corrected chi connectivity index (χ0v) is 7.92. The zero-order valence-electron chi connectivity index (χ0n) is 7.92. The second-order valence-corrected chi connectivity index (χ2v) is 4.05. The van der Waals surface area contributed by atoms with Crippen LogP contribution in [0.2, 0.25) is 0 Å². The fourth-order valence-electron chi connectivity index (χ4n) is 1.75. The number of hydrogen-bond donors (Lipinski definition) is 1. The fourth-order valence-corrected chi connectivity index (χ4v) is 1.75. The van der Waals surface area contributed by atoms with Crippen LogP contribution in [-0.2, 0) is 9.53 Å². The molecule has 2 rings (SSSR count). The van der Waals surface area contributed by atoms with Crippen LogP contribution in [0.4, 0.5) is 0 Å². The second kappa shape index (κ2) is 4.09. The van der Waals surface area contributed by atoms with Crippen LogP contribution in [0.25, 0.3) is 0 Å². The summed E-state index contributed by atoms with van der Waals surface area (Å²) in [6, 6.07) is 0.594. The molecule has 0 amide bonds. The molecule has 1 N–H and O–H groups in total. The summed E-state index contributed by atoms with van der Waals surface area (Å²) in [6.07, 6.45) is 7.22. The Morgan fingerprint density at radius 2 is 1.92 bits per heavy atom. The molecule has 2 fully saturated rings. The Balaban J connectivity index is 1.59. The Morgan fingerprint density at radius 1 is 1.23 bits per heavy atom. The molecule has 0 heterocycles. The van der Waals surface area contributed by atoms with Crippen LogP contribution in [0, 0.1) is 0 Å². The minimum absolute atomic E-state index is 0.0706. The van der Waals surface area contributed by atoms with Crippen LogP contribution in [-0.4, -0.2) is 24.7 Å². The van der Waals surface area contributed by atoms with Crippen molar-refractivity contribution < 1.29 is 9.53 Å². The molecule has 3 heteroatoms. The molecule has 0 aromatic heterocycles. The molecule has 74 valence electrons. The first kappa shape index (κ1) is 9.00. The van der Waals surface area contributed by atoms with Gasteiger partial charge in [0.2, 0.25) is 0 Å². The van der Waals surface area contributed by atoms with Crippen molar-refractivity contribution in [3.05, 3.63) is 0 Å². The maximum atomic E-state index is 11.2. The quantitative estimate of drug-likeness (QED) is 0.666. The Labute approximate surface area is 78.8 Å². The first-order chi connectivity index (χ1) is 6.34. The molecule has 2 saturated carbocycles. The first-order valence-electron chi connectivity index (χ1n) is 5.27. The van der Waals surface area contributed by atoms with Gasteiger partial charge in [-0.25, -0.2) is 0 Å². The molecule has 0 atom stereocenters. The van der Waals surface area contributed by atoms with Crippen LogP contribution in [0.5, 0.6) is 0 Å². The third kappa shape index (κ3) is 2.99. The minimum Gasteiger partial charge on any atom is -0.461 e. The topological polar surface area (TPSA) is 38.3 Å². The van der Waals surface area contributed by atoms with E-state index in [1.165, 1.54) is 25.7 Å². The number of rotatable bonds is 4. The van der Waals surface area contributed by atoms with Crippen molar-refractivity contribution >= 4 is 5.97 Å². The molecule has 0 bridgehead atoms. The SMILES string of the molecule is O=C(CNC1CC1)OC1CCCC1. The molecule has 0 unspecified atom stereocenters. The van der Waals surface area contributed by atoms with Gasteiger partial charge in [-0.05, 0) is 38.5 Å². The number of hydrogen-bond acceptors (Lipinski definition) is 3. The van der Waals surface area contributed by atoms with Crippen molar-refractivity contribution in [1.82, 2.24) is 5.32 Å². The molecule has 0 aliphatic heterocycles. The molecule has 2 aliphatic rings. The van der Waals surface area contributed by atoms with E-state index in [1.54, 1.807) is 0 Å². The average Bonchev–Trinajstić information content (AvgIpc) is 2.82. The Bertz CT molecular complexity index is 183. The summed E-state index contributed by atoms with van der Waals surface area (Å²) in [4.78, 5) is 11.2. The number of carbonyl (C=O) groups is 1. The first-order valence-corrected chi connectivity index (χ1v) is 5.27. The highest BCUT2D eigenvalue weighted by atomic mass is 16.5. The van der Waals surface area contributed by atoms with Crippen molar-refractivity contribution in [2.45, 2.75) is 50.7 Å². The van der Waals surface area contributed by atoms with Crippen molar-refractivity contribution in [1.29, 1.82) is 0 Å². The van der Waals surface area contributed by atoms with Gasteiger partial charge < -0.3 is 10.1 Å². The smallest absolute Gasteiger partial charge is 0.320 e. The van der Waals surface area contributed by atoms with Crippen molar-refractivity contribution in [2.24, 2.45) is 0 Å². The summed E-state index contributed by atoms with van der Waals surface area (Å²) < 4.78 is 5.29. The summed E-state index contributed by atoms with van der Waals surface area (Å²) >= 11 is 0. The predicted octanol–water partition coefficient (Wildman–Crippen LogP) is 1.22. The Hall–Kier alpha value is -0.570. The van der Waals surface area contributed by atoms with E-state index >= 15 is 0 Å². The molecular formula is C10H17NO2. The molecule has 0 spiro atoms. The minimum atomic E-state index is -0.0706. The van der Waals surface area contributed by atoms with Crippen LogP contribution in [0.3, 0.4) is 0 Å². The largest absolute Gasteiger partial charge is 0.461 e. The third-order valence-corrected chi connectivity index (χ3v) is 2.71. The fraction of sp³-hybridized carbons (Fsp3) is 0.900. The van der Waals surface area contributed by atoms with Crippen molar-refractivity contribution in [2.75, 3.05) is 6.54 Å². The molecule has 0 aromatic rings. The van der Waals surface area contributed by atoms with Crippen LogP contribution >= 0.6 is 0 Å². The van der Waals surface area contributed by atoms with Gasteiger partial charge in [0.05, 0.1) is 6.54 Å². The normalized spacial score (nSPS) is 23.4. The summed E-state index contributed by atoms with van der Waals surface area (Å²) in [5, 5.41) is 3.16. The lowest BCUT2D eigenvalue weighted by molar-refractivity contribution is -0.147. The van der Waals surface area contributed by atoms with Gasteiger partial charge in [0.1, 0.15) is 6.10 Å². The highest BCUT2D eigenvalue weighted by Gasteiger charge is 2.23. The maximum Gasteiger partial charge on any atom is 0.320 e. The Kier molecular flexibility index (Phi) is 2.83. The average molecular weight is 183 g/mol. The van der Waals surface area contributed by atoms with E-state index in [4.69, 9.17) is 4.74 Å². The van der Waals surface area contributed by atoms with Gasteiger partial charge in [-0.1, -0.05) is 0 Å². The predicted molar refractivity (Wildman–Crippen MR) is 49.4 cm³/mol. The van der Waals surface area contributed by atoms with Gasteiger partial charge in [-0.2, -0.15) is 0 Å². The van der Waals surface area contributed by atoms with Gasteiger partial charge >= 0.3 is 5.97 Å². The molecule has 13 heavy (non-hydrogen) atoms. The van der Waals surface area contributed by atoms with Crippen LogP contribution in [0.15, 0.2) is 0 Å². The van der Waals surface area contributed by atoms with Gasteiger partial charge in [0, 0.05) is 6.04 Å². The summed E-state index contributed by atoms with van der Waals surface area (Å²) in [5.41, 5.74) is 0. The summed E-state index contributed by atoms with van der Waals surface area (Å²) in [6.45, 7) is 0.404. The van der Waals surface area contributed by atoms with Gasteiger partial charge in [0.15, 0.2) is 0 Å². The van der Waals surface area contributed by atoms with Gasteiger partial charge in [0.25, 0.3) is 0 Å². The lowest BCUT2D eigenvalue weighted by Gasteiger charge is -2.11. The monoisotopic (exact) mass is 183 g/mol. The van der Waals surface area contributed by atoms with Gasteiger partial charge in [-0.3, -0.25) is 4.79 Å². The van der Waals surface area contributed by atoms with Crippen LogP contribution in [0.1, 0.15) is 38.5 Å². The highest BCUT2D eigenvalue weighted by Crippen LogP contribution is 2.21. The zero-order chi connectivity index (χ0) is 9.10. The van der Waals surface area contributed by atoms with Gasteiger partial charge in [-0.15, -0.1) is 0 Å². The molecule has 0 saturated heterocycles. The van der Waals surface area contributed by atoms with Crippen LogP contribution < -0.4 is 5.32 Å². The molecule has 0 radical (unpaired) electrons. The molecule has 3 nitrogen and oxygen atoms in total. The van der Waals surface area contributed by atoms with E-state index in [9.17, 15) is 4.79 Å². The Morgan fingerprint density at radius 3 is 2.54 bits per heavy atom. The number of carbonyl (C=O) groups excluding carboxylic acids is 1. The number of esters is 1. The van der Waals surface area contributed by atoms with E-state index in [0.717, 1.165) is 12.8 Å². The standard InChI is InChI=1S/C10H17NO2/c12-10(7-11-8-5-6-8)13-9-3-1-2-4-9/h8-9,11H,1-7H2. The van der Waals surface area contributed by atoms with E-state index < -0.39 is 0 Å². The molecule has 0 aromatic carbocycles. The van der Waals surface area contributed by atoms with E-state index in [0.29, 0.717) is 12.6 Å². The lowest BCUT2D eigenvalue weighted by atomic mass is 10.3. The molecular weight excluding hydrogens is 166 g/mol. The summed E-state index contributed by atoms with van der Waals surface area (Å²) in [5.74, 6) is -0.0706. The third-order valence-electron chi connectivity index (χ3n) is 2.71. The number of ether oxygens (including phenoxy) is 1. The number of nitrogens with one attached hydrogen (secondary N) is 1. The lowest BCUT2D eigenvalue weighted by Crippen LogP contribution is -2.28. The second-order valence-electron chi connectivity index (χ2n) is 4.05.